The summed E-state index contributed by atoms with van der Waals surface area (Å²) in [5.41, 5.74) is 4.95. The number of hydrogen-bond acceptors (Lipinski definition) is 6. The van der Waals surface area contributed by atoms with Gasteiger partial charge < -0.3 is 10.1 Å². The molecule has 1 atom stereocenters. The smallest absolute Gasteiger partial charge is 0.200 e. The van der Waals surface area contributed by atoms with Crippen LogP contribution in [0.25, 0.3) is 21.6 Å². The summed E-state index contributed by atoms with van der Waals surface area (Å²) in [6.45, 7) is 7.95. The van der Waals surface area contributed by atoms with E-state index in [4.69, 9.17) is 15.9 Å². The SMILES string of the molecule is [C-]#[N+]C1=C(c2ccccc2OC)Nc2[nH]ncc2C1c1cccc2nonc12. The monoisotopic (exact) mass is 370 g/mol. The third kappa shape index (κ3) is 2.27. The fourth-order valence-corrected chi connectivity index (χ4v) is 3.65. The molecular formula is C20H14N6O2. The number of anilines is 1. The van der Waals surface area contributed by atoms with E-state index in [1.54, 1.807) is 13.3 Å². The van der Waals surface area contributed by atoms with Crippen LogP contribution < -0.4 is 10.1 Å². The van der Waals surface area contributed by atoms with E-state index in [1.165, 1.54) is 0 Å². The highest BCUT2D eigenvalue weighted by Gasteiger charge is 2.34. The van der Waals surface area contributed by atoms with Gasteiger partial charge in [-0.3, -0.25) is 5.10 Å². The highest BCUT2D eigenvalue weighted by molar-refractivity contribution is 5.89. The van der Waals surface area contributed by atoms with Gasteiger partial charge in [-0.05, 0) is 28.0 Å². The number of H-pyrrole nitrogens is 1. The quantitative estimate of drug-likeness (QED) is 0.533. The number of rotatable bonds is 3. The zero-order valence-corrected chi connectivity index (χ0v) is 14.8. The Hall–Kier alpha value is -4.12. The molecule has 2 N–H and O–H groups in total. The van der Waals surface area contributed by atoms with Gasteiger partial charge in [0.2, 0.25) is 5.70 Å². The van der Waals surface area contributed by atoms with Gasteiger partial charge in [-0.25, -0.2) is 9.47 Å². The van der Waals surface area contributed by atoms with Crippen molar-refractivity contribution in [3.05, 3.63) is 82.5 Å². The van der Waals surface area contributed by atoms with Gasteiger partial charge in [0.25, 0.3) is 0 Å². The molecule has 1 aliphatic rings. The molecule has 0 fully saturated rings. The molecule has 1 aliphatic heterocycles. The lowest BCUT2D eigenvalue weighted by Crippen LogP contribution is -2.17. The van der Waals surface area contributed by atoms with Crippen molar-refractivity contribution in [3.8, 4) is 5.75 Å². The number of benzene rings is 2. The maximum Gasteiger partial charge on any atom is 0.200 e. The number of para-hydroxylation sites is 1. The van der Waals surface area contributed by atoms with Gasteiger partial charge in [0.05, 0.1) is 31.5 Å². The van der Waals surface area contributed by atoms with Crippen LogP contribution in [0.1, 0.15) is 22.6 Å². The minimum atomic E-state index is -0.372. The van der Waals surface area contributed by atoms with Gasteiger partial charge in [-0.15, -0.1) is 0 Å². The molecule has 0 spiro atoms. The van der Waals surface area contributed by atoms with Crippen molar-refractivity contribution in [1.29, 1.82) is 0 Å². The number of hydrogen-bond donors (Lipinski definition) is 2. The summed E-state index contributed by atoms with van der Waals surface area (Å²) in [4.78, 5) is 3.90. The molecule has 0 radical (unpaired) electrons. The lowest BCUT2D eigenvalue weighted by molar-refractivity contribution is 0.315. The number of aromatic amines is 1. The van der Waals surface area contributed by atoms with E-state index < -0.39 is 0 Å². The summed E-state index contributed by atoms with van der Waals surface area (Å²) in [6, 6.07) is 13.2. The van der Waals surface area contributed by atoms with E-state index in [9.17, 15) is 0 Å². The Morgan fingerprint density at radius 1 is 1.11 bits per heavy atom. The predicted octanol–water partition coefficient (Wildman–Crippen LogP) is 3.80. The fraction of sp³-hybridized carbons (Fsp3) is 0.100. The molecule has 2 aromatic carbocycles. The molecule has 0 amide bonds. The van der Waals surface area contributed by atoms with E-state index in [0.717, 1.165) is 22.5 Å². The lowest BCUT2D eigenvalue weighted by atomic mass is 9.85. The second-order valence-corrected chi connectivity index (χ2v) is 6.31. The second-order valence-electron chi connectivity index (χ2n) is 6.31. The molecule has 0 aliphatic carbocycles. The number of nitrogens with zero attached hydrogens (tertiary/aromatic N) is 4. The first-order valence-corrected chi connectivity index (χ1v) is 8.58. The van der Waals surface area contributed by atoms with Gasteiger partial charge in [-0.1, -0.05) is 30.3 Å². The average molecular weight is 370 g/mol. The highest BCUT2D eigenvalue weighted by atomic mass is 16.6. The summed E-state index contributed by atoms with van der Waals surface area (Å²) in [7, 11) is 1.61. The van der Waals surface area contributed by atoms with Gasteiger partial charge in [0.1, 0.15) is 22.6 Å². The molecule has 3 heterocycles. The van der Waals surface area contributed by atoms with Crippen LogP contribution in [0, 0.1) is 6.57 Å². The highest BCUT2D eigenvalue weighted by Crippen LogP contribution is 2.46. The molecule has 28 heavy (non-hydrogen) atoms. The Balaban J connectivity index is 1.81. The molecule has 1 unspecified atom stereocenters. The average Bonchev–Trinajstić information content (AvgIpc) is 3.41. The van der Waals surface area contributed by atoms with Gasteiger partial charge in [-0.2, -0.15) is 5.10 Å². The number of aromatic nitrogens is 4. The zero-order valence-electron chi connectivity index (χ0n) is 14.8. The third-order valence-electron chi connectivity index (χ3n) is 4.88. The normalized spacial score (nSPS) is 15.8. The van der Waals surface area contributed by atoms with Gasteiger partial charge in [0, 0.05) is 11.1 Å². The first kappa shape index (κ1) is 16.1. The molecule has 0 saturated carbocycles. The Bertz CT molecular complexity index is 1260. The Morgan fingerprint density at radius 2 is 2.00 bits per heavy atom. The molecule has 2 aromatic heterocycles. The van der Waals surface area contributed by atoms with E-state index in [0.29, 0.717) is 28.2 Å². The molecule has 5 rings (SSSR count). The number of nitrogens with one attached hydrogen (secondary N) is 2. The van der Waals surface area contributed by atoms with Crippen molar-refractivity contribution < 1.29 is 9.37 Å². The summed E-state index contributed by atoms with van der Waals surface area (Å²) in [6.07, 6.45) is 1.73. The molecule has 8 nitrogen and oxygen atoms in total. The lowest BCUT2D eigenvalue weighted by Gasteiger charge is -2.27. The van der Waals surface area contributed by atoms with Crippen molar-refractivity contribution >= 4 is 22.5 Å². The van der Waals surface area contributed by atoms with Gasteiger partial charge >= 0.3 is 0 Å². The van der Waals surface area contributed by atoms with Crippen LogP contribution in [0.15, 0.2) is 59.0 Å². The van der Waals surface area contributed by atoms with Crippen molar-refractivity contribution in [2.24, 2.45) is 0 Å². The minimum absolute atomic E-state index is 0.372. The van der Waals surface area contributed by atoms with Crippen molar-refractivity contribution in [1.82, 2.24) is 20.5 Å². The predicted molar refractivity (Wildman–Crippen MR) is 102 cm³/mol. The second kappa shape index (κ2) is 6.25. The van der Waals surface area contributed by atoms with Crippen LogP contribution in [0.4, 0.5) is 5.82 Å². The van der Waals surface area contributed by atoms with E-state index in [-0.39, 0.29) is 5.92 Å². The Kier molecular flexibility index (Phi) is 3.59. The molecule has 136 valence electrons. The van der Waals surface area contributed by atoms with Gasteiger partial charge in [0.15, 0.2) is 0 Å². The standard InChI is InChI=1S/C20H14N6O2/c1-21-19-16(12-7-5-8-14-17(12)26-28-25-14)13-10-22-24-20(13)23-18(19)11-6-3-4-9-15(11)27-2/h3-10,16H,2H3,(H2,22,23,24). The number of methoxy groups -OCH3 is 1. The summed E-state index contributed by atoms with van der Waals surface area (Å²) < 4.78 is 10.4. The molecule has 0 bridgehead atoms. The minimum Gasteiger partial charge on any atom is -0.496 e. The van der Waals surface area contributed by atoms with Crippen LogP contribution in [0.3, 0.4) is 0 Å². The van der Waals surface area contributed by atoms with Crippen LogP contribution in [-0.2, 0) is 0 Å². The van der Waals surface area contributed by atoms with Crippen LogP contribution in [-0.4, -0.2) is 27.6 Å². The first-order chi connectivity index (χ1) is 13.8. The fourth-order valence-electron chi connectivity index (χ4n) is 3.65. The van der Waals surface area contributed by atoms with Crippen molar-refractivity contribution in [2.45, 2.75) is 5.92 Å². The molecule has 8 heteroatoms. The van der Waals surface area contributed by atoms with E-state index in [1.807, 2.05) is 42.5 Å². The maximum absolute atomic E-state index is 7.95. The molecule has 0 saturated heterocycles. The maximum atomic E-state index is 7.95. The van der Waals surface area contributed by atoms with E-state index >= 15 is 0 Å². The Morgan fingerprint density at radius 3 is 2.86 bits per heavy atom. The van der Waals surface area contributed by atoms with Crippen molar-refractivity contribution in [3.63, 3.8) is 0 Å². The zero-order chi connectivity index (χ0) is 19.1. The first-order valence-electron chi connectivity index (χ1n) is 8.58. The largest absolute Gasteiger partial charge is 0.496 e. The summed E-state index contributed by atoms with van der Waals surface area (Å²) in [5.74, 6) is 1.03. The van der Waals surface area contributed by atoms with Crippen LogP contribution in [0.5, 0.6) is 5.75 Å². The van der Waals surface area contributed by atoms with Crippen LogP contribution in [0.2, 0.25) is 0 Å². The summed E-state index contributed by atoms with van der Waals surface area (Å²) in [5, 5.41) is 18.5. The van der Waals surface area contributed by atoms with E-state index in [2.05, 4.69) is 30.7 Å². The Labute approximate surface area is 159 Å². The third-order valence-corrected chi connectivity index (χ3v) is 4.88. The molecular weight excluding hydrogens is 356 g/mol. The topological polar surface area (TPSA) is 93.2 Å². The number of ether oxygens (including phenoxy) is 1. The molecule has 4 aromatic rings. The van der Waals surface area contributed by atoms with Crippen molar-refractivity contribution in [2.75, 3.05) is 12.4 Å². The van der Waals surface area contributed by atoms with Crippen LogP contribution >= 0.6 is 0 Å². The summed E-state index contributed by atoms with van der Waals surface area (Å²) >= 11 is 0. The number of allylic oxidation sites excluding steroid dienone is 1. The number of fused-ring (bicyclic) bond motifs is 2.